The average Bonchev–Trinajstić information content (AvgIpc) is 2.41. The van der Waals surface area contributed by atoms with E-state index in [2.05, 4.69) is 0 Å². The van der Waals surface area contributed by atoms with Crippen molar-refractivity contribution in [1.82, 2.24) is 0 Å². The lowest BCUT2D eigenvalue weighted by Gasteiger charge is -2.29. The van der Waals surface area contributed by atoms with Gasteiger partial charge in [0, 0.05) is 12.8 Å². The predicted octanol–water partition coefficient (Wildman–Crippen LogP) is 2.35. The highest BCUT2D eigenvalue weighted by Gasteiger charge is 2.24. The van der Waals surface area contributed by atoms with E-state index in [9.17, 15) is 14.7 Å². The summed E-state index contributed by atoms with van der Waals surface area (Å²) in [5, 5.41) is 18.0. The fourth-order valence-electron chi connectivity index (χ4n) is 2.08. The lowest BCUT2D eigenvalue weighted by Crippen LogP contribution is -2.35. The Morgan fingerprint density at radius 2 is 1.71 bits per heavy atom. The lowest BCUT2D eigenvalue weighted by atomic mass is 9.89. The zero-order valence-corrected chi connectivity index (χ0v) is 15.4. The Morgan fingerprint density at radius 3 is 2.17 bits per heavy atom. The van der Waals surface area contributed by atoms with E-state index in [1.54, 1.807) is 0 Å². The second-order valence-electron chi connectivity index (χ2n) is 7.25. The van der Waals surface area contributed by atoms with Gasteiger partial charge in [0.2, 0.25) is 0 Å². The van der Waals surface area contributed by atoms with Crippen molar-refractivity contribution >= 4 is 11.9 Å². The van der Waals surface area contributed by atoms with E-state index in [4.69, 9.17) is 19.3 Å². The number of rotatable bonds is 12. The molecule has 0 aliphatic carbocycles. The fourth-order valence-corrected chi connectivity index (χ4v) is 2.08. The Morgan fingerprint density at radius 1 is 1.08 bits per heavy atom. The molecule has 0 aromatic rings. The molecule has 24 heavy (non-hydrogen) atoms. The number of aliphatic carboxylic acids is 1. The first-order valence-corrected chi connectivity index (χ1v) is 8.32. The van der Waals surface area contributed by atoms with E-state index in [-0.39, 0.29) is 44.0 Å². The van der Waals surface area contributed by atoms with Crippen LogP contribution in [0.5, 0.6) is 0 Å². The number of aliphatic hydroxyl groups is 1. The van der Waals surface area contributed by atoms with Crippen molar-refractivity contribution in [3.8, 4) is 0 Å². The number of aliphatic hydroxyl groups excluding tert-OH is 1. The molecule has 0 spiro atoms. The van der Waals surface area contributed by atoms with Crippen LogP contribution in [0.3, 0.4) is 0 Å². The van der Waals surface area contributed by atoms with Crippen molar-refractivity contribution in [2.24, 2.45) is 5.41 Å². The van der Waals surface area contributed by atoms with Gasteiger partial charge in [-0.25, -0.2) is 0 Å². The molecular formula is C17H32O7. The van der Waals surface area contributed by atoms with Crippen LogP contribution < -0.4 is 0 Å². The molecule has 2 N–H and O–H groups in total. The van der Waals surface area contributed by atoms with Gasteiger partial charge in [0.05, 0.1) is 18.8 Å². The van der Waals surface area contributed by atoms with Crippen molar-refractivity contribution in [1.29, 1.82) is 0 Å². The Balaban J connectivity index is 4.44. The number of esters is 1. The monoisotopic (exact) mass is 348 g/mol. The highest BCUT2D eigenvalue weighted by atomic mass is 16.7. The molecule has 0 bridgehead atoms. The summed E-state index contributed by atoms with van der Waals surface area (Å²) in [6.07, 6.45) is -0.494. The van der Waals surface area contributed by atoms with Crippen molar-refractivity contribution in [2.45, 2.75) is 78.8 Å². The second kappa shape index (κ2) is 11.4. The van der Waals surface area contributed by atoms with Crippen LogP contribution in [0.1, 0.15) is 60.3 Å². The standard InChI is InChI=1S/C17H32O7/c1-12(2)23-16(24-13(10-18)9-17(3,4)5)11-22-15(21)8-6-7-14(19)20/h12-13,16,18H,6-11H2,1-5H3,(H,19,20). The number of carboxylic acid groups (broad SMARTS) is 1. The second-order valence-corrected chi connectivity index (χ2v) is 7.25. The van der Waals surface area contributed by atoms with Crippen molar-refractivity contribution in [3.63, 3.8) is 0 Å². The molecule has 0 aromatic carbocycles. The van der Waals surface area contributed by atoms with Gasteiger partial charge in [0.25, 0.3) is 0 Å². The number of carbonyl (C=O) groups is 2. The maximum absolute atomic E-state index is 11.6. The Hall–Kier alpha value is -1.18. The zero-order valence-electron chi connectivity index (χ0n) is 15.4. The summed E-state index contributed by atoms with van der Waals surface area (Å²) in [4.78, 5) is 22.0. The fraction of sp³-hybridized carbons (Fsp3) is 0.882. The molecular weight excluding hydrogens is 316 g/mol. The summed E-state index contributed by atoms with van der Waals surface area (Å²) >= 11 is 0. The van der Waals surface area contributed by atoms with Gasteiger partial charge in [0.15, 0.2) is 6.29 Å². The quantitative estimate of drug-likeness (QED) is 0.412. The van der Waals surface area contributed by atoms with E-state index in [1.165, 1.54) is 0 Å². The molecule has 7 nitrogen and oxygen atoms in total. The van der Waals surface area contributed by atoms with Crippen LogP contribution in [0.25, 0.3) is 0 Å². The summed E-state index contributed by atoms with van der Waals surface area (Å²) in [6.45, 7) is 9.55. The molecule has 0 radical (unpaired) electrons. The van der Waals surface area contributed by atoms with E-state index >= 15 is 0 Å². The molecule has 0 aromatic heterocycles. The number of hydrogen-bond donors (Lipinski definition) is 2. The molecule has 142 valence electrons. The summed E-state index contributed by atoms with van der Waals surface area (Å²) in [7, 11) is 0. The van der Waals surface area contributed by atoms with Crippen LogP contribution in [-0.4, -0.2) is 53.9 Å². The predicted molar refractivity (Wildman–Crippen MR) is 88.5 cm³/mol. The molecule has 2 atom stereocenters. The minimum atomic E-state index is -0.944. The van der Waals surface area contributed by atoms with Crippen molar-refractivity contribution < 1.29 is 34.0 Å². The minimum Gasteiger partial charge on any atom is -0.481 e. The molecule has 0 rings (SSSR count). The van der Waals surface area contributed by atoms with Gasteiger partial charge < -0.3 is 24.4 Å². The van der Waals surface area contributed by atoms with E-state index in [0.29, 0.717) is 6.42 Å². The molecule has 0 saturated carbocycles. The molecule has 0 aliphatic rings. The molecule has 7 heteroatoms. The van der Waals surface area contributed by atoms with Crippen LogP contribution in [0.15, 0.2) is 0 Å². The van der Waals surface area contributed by atoms with Gasteiger partial charge in [-0.05, 0) is 32.1 Å². The maximum Gasteiger partial charge on any atom is 0.305 e. The normalized spacial score (nSPS) is 14.5. The van der Waals surface area contributed by atoms with Gasteiger partial charge >= 0.3 is 11.9 Å². The van der Waals surface area contributed by atoms with Gasteiger partial charge in [-0.15, -0.1) is 0 Å². The summed E-state index contributed by atoms with van der Waals surface area (Å²) < 4.78 is 16.4. The van der Waals surface area contributed by atoms with E-state index in [0.717, 1.165) is 0 Å². The Labute approximate surface area is 144 Å². The number of ether oxygens (including phenoxy) is 3. The summed E-state index contributed by atoms with van der Waals surface area (Å²) in [5.74, 6) is -1.44. The van der Waals surface area contributed by atoms with Gasteiger partial charge in [0.1, 0.15) is 6.61 Å². The summed E-state index contributed by atoms with van der Waals surface area (Å²) in [6, 6.07) is 0. The van der Waals surface area contributed by atoms with E-state index in [1.807, 2.05) is 34.6 Å². The Bertz CT molecular complexity index is 374. The highest BCUT2D eigenvalue weighted by molar-refractivity contribution is 5.71. The first-order chi connectivity index (χ1) is 11.0. The van der Waals surface area contributed by atoms with Crippen LogP contribution in [0.4, 0.5) is 0 Å². The van der Waals surface area contributed by atoms with Gasteiger partial charge in [-0.2, -0.15) is 0 Å². The Kier molecular flexibility index (Phi) is 10.8. The first kappa shape index (κ1) is 22.8. The SMILES string of the molecule is CC(C)OC(COC(=O)CCCC(=O)O)OC(CO)CC(C)(C)C. The van der Waals surface area contributed by atoms with Crippen molar-refractivity contribution in [3.05, 3.63) is 0 Å². The molecule has 0 aliphatic heterocycles. The zero-order chi connectivity index (χ0) is 18.8. The third-order valence-electron chi connectivity index (χ3n) is 2.96. The van der Waals surface area contributed by atoms with Crippen molar-refractivity contribution in [2.75, 3.05) is 13.2 Å². The largest absolute Gasteiger partial charge is 0.481 e. The smallest absolute Gasteiger partial charge is 0.305 e. The van der Waals surface area contributed by atoms with Gasteiger partial charge in [-0.1, -0.05) is 20.8 Å². The van der Waals surface area contributed by atoms with Crippen LogP contribution >= 0.6 is 0 Å². The molecule has 0 heterocycles. The number of carbonyl (C=O) groups excluding carboxylic acids is 1. The van der Waals surface area contributed by atoms with Crippen LogP contribution in [0.2, 0.25) is 0 Å². The van der Waals surface area contributed by atoms with Crippen LogP contribution in [0, 0.1) is 5.41 Å². The van der Waals surface area contributed by atoms with Crippen LogP contribution in [-0.2, 0) is 23.8 Å². The number of carboxylic acids is 1. The van der Waals surface area contributed by atoms with Gasteiger partial charge in [-0.3, -0.25) is 9.59 Å². The molecule has 0 amide bonds. The summed E-state index contributed by atoms with van der Waals surface area (Å²) in [5.41, 5.74) is -0.0245. The topological polar surface area (TPSA) is 102 Å². The highest BCUT2D eigenvalue weighted by Crippen LogP contribution is 2.23. The molecule has 2 unspecified atom stereocenters. The first-order valence-electron chi connectivity index (χ1n) is 8.32. The lowest BCUT2D eigenvalue weighted by molar-refractivity contribution is -0.220. The number of hydrogen-bond acceptors (Lipinski definition) is 6. The average molecular weight is 348 g/mol. The third kappa shape index (κ3) is 13.3. The molecule has 0 saturated heterocycles. The maximum atomic E-state index is 11.6. The van der Waals surface area contributed by atoms with E-state index < -0.39 is 24.3 Å². The molecule has 0 fully saturated rings. The minimum absolute atomic E-state index is 0.0245. The third-order valence-corrected chi connectivity index (χ3v) is 2.96.